The van der Waals surface area contributed by atoms with Crippen molar-refractivity contribution in [1.82, 2.24) is 9.55 Å². The van der Waals surface area contributed by atoms with Gasteiger partial charge < -0.3 is 0 Å². The number of aryl methyl sites for hydroxylation is 1. The molecule has 0 saturated carbocycles. The zero-order chi connectivity index (χ0) is 15.4. The van der Waals surface area contributed by atoms with E-state index in [9.17, 15) is 9.18 Å². The molecule has 6 heteroatoms. The second-order valence-corrected chi connectivity index (χ2v) is 5.01. The number of hydrogen-bond donors (Lipinski definition) is 1. The largest absolute Gasteiger partial charge is 0.302 e. The van der Waals surface area contributed by atoms with Crippen LogP contribution in [0.4, 0.5) is 10.3 Å². The van der Waals surface area contributed by atoms with Crippen molar-refractivity contribution >= 4 is 12.3 Å². The summed E-state index contributed by atoms with van der Waals surface area (Å²) in [5.41, 5.74) is 1.32. The molecule has 1 N–H and O–H groups in total. The number of anilines is 1. The van der Waals surface area contributed by atoms with E-state index in [4.69, 9.17) is 0 Å². The zero-order valence-electron chi connectivity index (χ0n) is 12.3. The Labute approximate surface area is 122 Å². The Balaban J connectivity index is 2.39. The Morgan fingerprint density at radius 3 is 2.62 bits per heavy atom. The summed E-state index contributed by atoms with van der Waals surface area (Å²) in [5.74, 6) is 0.158. The SMILES string of the molecule is Cc1cc(=O)n(Cc2ccc(F)cc2)c(NC=[N+](C)C)n1. The molecule has 1 heterocycles. The van der Waals surface area contributed by atoms with E-state index in [1.807, 2.05) is 18.7 Å². The number of nitrogens with zero attached hydrogens (tertiary/aromatic N) is 3. The summed E-state index contributed by atoms with van der Waals surface area (Å²) in [5, 5.41) is 3.00. The van der Waals surface area contributed by atoms with Crippen molar-refractivity contribution in [3.8, 4) is 0 Å². The lowest BCUT2D eigenvalue weighted by Gasteiger charge is -2.09. The van der Waals surface area contributed by atoms with Gasteiger partial charge in [-0.15, -0.1) is 0 Å². The molecule has 0 amide bonds. The predicted octanol–water partition coefficient (Wildman–Crippen LogP) is 1.45. The highest BCUT2D eigenvalue weighted by Crippen LogP contribution is 2.08. The summed E-state index contributed by atoms with van der Waals surface area (Å²) in [7, 11) is 3.73. The van der Waals surface area contributed by atoms with Gasteiger partial charge in [0, 0.05) is 11.8 Å². The van der Waals surface area contributed by atoms with Gasteiger partial charge in [0.1, 0.15) is 5.82 Å². The van der Waals surface area contributed by atoms with Gasteiger partial charge >= 0.3 is 5.95 Å². The third-order valence-electron chi connectivity index (χ3n) is 2.84. The van der Waals surface area contributed by atoms with Crippen LogP contribution in [0, 0.1) is 12.7 Å². The summed E-state index contributed by atoms with van der Waals surface area (Å²) < 4.78 is 16.3. The number of benzene rings is 1. The van der Waals surface area contributed by atoms with Gasteiger partial charge in [-0.05, 0) is 24.6 Å². The zero-order valence-corrected chi connectivity index (χ0v) is 12.3. The van der Waals surface area contributed by atoms with E-state index >= 15 is 0 Å². The van der Waals surface area contributed by atoms with E-state index in [1.54, 1.807) is 25.4 Å². The Kier molecular flexibility index (Phi) is 4.47. The van der Waals surface area contributed by atoms with Crippen LogP contribution in [0.5, 0.6) is 0 Å². The quantitative estimate of drug-likeness (QED) is 0.526. The Hall–Kier alpha value is -2.50. The van der Waals surface area contributed by atoms with E-state index in [-0.39, 0.29) is 11.4 Å². The van der Waals surface area contributed by atoms with Crippen molar-refractivity contribution in [3.05, 3.63) is 57.8 Å². The highest BCUT2D eigenvalue weighted by Gasteiger charge is 2.10. The third-order valence-corrected chi connectivity index (χ3v) is 2.84. The molecule has 0 saturated heterocycles. The van der Waals surface area contributed by atoms with Crippen molar-refractivity contribution in [2.24, 2.45) is 0 Å². The first-order valence-electron chi connectivity index (χ1n) is 6.55. The smallest absolute Gasteiger partial charge is 0.273 e. The minimum absolute atomic E-state index is 0.151. The van der Waals surface area contributed by atoms with Gasteiger partial charge in [0.15, 0.2) is 0 Å². The molecular formula is C15H18FN4O+. The van der Waals surface area contributed by atoms with Crippen LogP contribution in [0.1, 0.15) is 11.3 Å². The molecule has 0 bridgehead atoms. The lowest BCUT2D eigenvalue weighted by molar-refractivity contribution is -0.459. The third kappa shape index (κ3) is 3.98. The van der Waals surface area contributed by atoms with Gasteiger partial charge in [0.2, 0.25) is 6.34 Å². The van der Waals surface area contributed by atoms with E-state index < -0.39 is 0 Å². The first-order valence-corrected chi connectivity index (χ1v) is 6.55. The maximum atomic E-state index is 12.9. The van der Waals surface area contributed by atoms with E-state index in [0.717, 1.165) is 5.56 Å². The monoisotopic (exact) mass is 289 g/mol. The van der Waals surface area contributed by atoms with Crippen molar-refractivity contribution in [2.45, 2.75) is 13.5 Å². The fraction of sp³-hybridized carbons (Fsp3) is 0.267. The summed E-state index contributed by atoms with van der Waals surface area (Å²) in [6.45, 7) is 2.10. The second-order valence-electron chi connectivity index (χ2n) is 5.01. The van der Waals surface area contributed by atoms with Crippen molar-refractivity contribution in [2.75, 3.05) is 19.4 Å². The number of nitrogens with one attached hydrogen (secondary N) is 1. The molecule has 1 aromatic heterocycles. The maximum Gasteiger partial charge on any atom is 0.302 e. The van der Waals surface area contributed by atoms with Gasteiger partial charge in [0.05, 0.1) is 20.6 Å². The van der Waals surface area contributed by atoms with Crippen LogP contribution in [0.15, 0.2) is 35.1 Å². The van der Waals surface area contributed by atoms with Gasteiger partial charge in [-0.1, -0.05) is 12.1 Å². The number of rotatable bonds is 4. The number of halogens is 1. The minimum atomic E-state index is -0.299. The van der Waals surface area contributed by atoms with Gasteiger partial charge in [-0.25, -0.2) is 9.71 Å². The molecule has 0 unspecified atom stereocenters. The van der Waals surface area contributed by atoms with Crippen LogP contribution >= 0.6 is 0 Å². The molecule has 0 spiro atoms. The average Bonchev–Trinajstić information content (AvgIpc) is 2.42. The maximum absolute atomic E-state index is 12.9. The summed E-state index contributed by atoms with van der Waals surface area (Å²) >= 11 is 0. The molecule has 1 aromatic carbocycles. The molecule has 0 fully saturated rings. The van der Waals surface area contributed by atoms with E-state index in [2.05, 4.69) is 10.3 Å². The molecule has 2 aromatic rings. The Bertz CT molecular complexity index is 715. The molecule has 0 radical (unpaired) electrons. The fourth-order valence-corrected chi connectivity index (χ4v) is 1.84. The number of aromatic nitrogens is 2. The van der Waals surface area contributed by atoms with E-state index in [0.29, 0.717) is 18.2 Å². The van der Waals surface area contributed by atoms with Crippen LogP contribution in [0.3, 0.4) is 0 Å². The average molecular weight is 289 g/mol. The van der Waals surface area contributed by atoms with Crippen LogP contribution in [0.2, 0.25) is 0 Å². The second kappa shape index (κ2) is 6.30. The summed E-state index contributed by atoms with van der Waals surface area (Å²) in [6, 6.07) is 7.54. The molecule has 5 nitrogen and oxygen atoms in total. The molecule has 0 aliphatic carbocycles. The van der Waals surface area contributed by atoms with Crippen LogP contribution in [-0.2, 0) is 6.54 Å². The highest BCUT2D eigenvalue weighted by atomic mass is 19.1. The summed E-state index contributed by atoms with van der Waals surface area (Å²) in [4.78, 5) is 16.5. The first-order chi connectivity index (χ1) is 9.95. The van der Waals surface area contributed by atoms with Crippen molar-refractivity contribution in [1.29, 1.82) is 0 Å². The van der Waals surface area contributed by atoms with Crippen LogP contribution < -0.4 is 10.9 Å². The Morgan fingerprint density at radius 1 is 1.33 bits per heavy atom. The van der Waals surface area contributed by atoms with Crippen molar-refractivity contribution in [3.63, 3.8) is 0 Å². The minimum Gasteiger partial charge on any atom is -0.273 e. The standard InChI is InChI=1S/C15H17FN4O/c1-11-8-14(21)20(15(18-11)17-10-19(2)3)9-12-4-6-13(16)7-5-12/h4-8,10H,9H2,1-3H3/p+1. The lowest BCUT2D eigenvalue weighted by atomic mass is 10.2. The van der Waals surface area contributed by atoms with Gasteiger partial charge in [-0.3, -0.25) is 13.9 Å². The molecule has 110 valence electrons. The van der Waals surface area contributed by atoms with E-state index in [1.165, 1.54) is 22.8 Å². The van der Waals surface area contributed by atoms with Crippen LogP contribution in [0.25, 0.3) is 0 Å². The molecule has 0 atom stereocenters. The highest BCUT2D eigenvalue weighted by molar-refractivity contribution is 5.68. The molecule has 0 aliphatic rings. The van der Waals surface area contributed by atoms with Gasteiger partial charge in [-0.2, -0.15) is 4.98 Å². The Morgan fingerprint density at radius 2 is 2.00 bits per heavy atom. The molecular weight excluding hydrogens is 271 g/mol. The van der Waals surface area contributed by atoms with Crippen molar-refractivity contribution < 1.29 is 8.97 Å². The normalized spacial score (nSPS) is 10.3. The molecule has 2 rings (SSSR count). The summed E-state index contributed by atoms with van der Waals surface area (Å²) in [6.07, 6.45) is 1.71. The number of hydrogen-bond acceptors (Lipinski definition) is 2. The lowest BCUT2D eigenvalue weighted by Crippen LogP contribution is -2.26. The molecule has 21 heavy (non-hydrogen) atoms. The first kappa shape index (κ1) is 14.9. The predicted molar refractivity (Wildman–Crippen MR) is 80.5 cm³/mol. The van der Waals surface area contributed by atoms with Gasteiger partial charge in [0.25, 0.3) is 5.56 Å². The molecule has 0 aliphatic heterocycles. The van der Waals surface area contributed by atoms with Crippen LogP contribution in [-0.4, -0.2) is 34.6 Å². The topological polar surface area (TPSA) is 49.9 Å². The fourth-order valence-electron chi connectivity index (χ4n) is 1.84.